The summed E-state index contributed by atoms with van der Waals surface area (Å²) in [6.45, 7) is 0. The van der Waals surface area contributed by atoms with Crippen LogP contribution in [0.2, 0.25) is 0 Å². The Morgan fingerprint density at radius 3 is 2.31 bits per heavy atom. The second-order valence-electron chi connectivity index (χ2n) is 3.32. The fourth-order valence-corrected chi connectivity index (χ4v) is 3.28. The van der Waals surface area contributed by atoms with E-state index in [9.17, 15) is 0 Å². The third kappa shape index (κ3) is 2.55. The zero-order chi connectivity index (χ0) is 11.4. The Kier molecular flexibility index (Phi) is 3.82. The molecule has 0 N–H and O–H groups in total. The molecule has 0 aromatic heterocycles. The van der Waals surface area contributed by atoms with E-state index in [1.165, 1.54) is 0 Å². The maximum Gasteiger partial charge on any atom is 0.119 e. The molecule has 0 aliphatic carbocycles. The topological polar surface area (TPSA) is 9.23 Å². The summed E-state index contributed by atoms with van der Waals surface area (Å²) in [7, 11) is 0.864. The monoisotopic (exact) mass is 250 g/mol. The second kappa shape index (κ2) is 5.34. The molecular formula is C13H12ClOP. The average Bonchev–Trinajstić information content (AvgIpc) is 2.39. The van der Waals surface area contributed by atoms with Crippen LogP contribution >= 0.6 is 18.5 Å². The predicted octanol–water partition coefficient (Wildman–Crippen LogP) is 3.28. The lowest BCUT2D eigenvalue weighted by molar-refractivity contribution is 0.415. The molecule has 0 fully saturated rings. The minimum atomic E-state index is -0.800. The summed E-state index contributed by atoms with van der Waals surface area (Å²) in [6, 6.07) is 18.0. The van der Waals surface area contributed by atoms with E-state index in [0.29, 0.717) is 0 Å². The van der Waals surface area contributed by atoms with Gasteiger partial charge in [0.2, 0.25) is 0 Å². The molecular weight excluding hydrogens is 239 g/mol. The van der Waals surface area contributed by atoms with E-state index < -0.39 is 7.27 Å². The molecule has 0 saturated heterocycles. The van der Waals surface area contributed by atoms with E-state index in [4.69, 9.17) is 16.0 Å². The first-order chi connectivity index (χ1) is 7.81. The maximum atomic E-state index is 6.47. The third-order valence-corrected chi connectivity index (χ3v) is 4.92. The Balaban J connectivity index is 2.30. The minimum absolute atomic E-state index is 0.800. The van der Waals surface area contributed by atoms with Crippen LogP contribution in [0.1, 0.15) is 0 Å². The molecule has 0 spiro atoms. The molecule has 2 aromatic rings. The number of methoxy groups -OCH3 is 1. The van der Waals surface area contributed by atoms with Gasteiger partial charge in [0.25, 0.3) is 0 Å². The number of benzene rings is 2. The van der Waals surface area contributed by atoms with Crippen LogP contribution in [0.25, 0.3) is 0 Å². The molecule has 16 heavy (non-hydrogen) atoms. The predicted molar refractivity (Wildman–Crippen MR) is 71.5 cm³/mol. The van der Waals surface area contributed by atoms with Crippen molar-refractivity contribution >= 4 is 29.1 Å². The first kappa shape index (κ1) is 11.4. The fourth-order valence-electron chi connectivity index (χ4n) is 1.44. The van der Waals surface area contributed by atoms with Crippen LogP contribution in [0.3, 0.4) is 0 Å². The lowest BCUT2D eigenvalue weighted by atomic mass is 10.3. The quantitative estimate of drug-likeness (QED) is 0.760. The first-order valence-electron chi connectivity index (χ1n) is 4.96. The highest BCUT2D eigenvalue weighted by Gasteiger charge is 2.10. The van der Waals surface area contributed by atoms with Crippen LogP contribution in [-0.4, -0.2) is 7.11 Å². The van der Waals surface area contributed by atoms with Crippen LogP contribution in [0.5, 0.6) is 5.75 Å². The van der Waals surface area contributed by atoms with Crippen molar-refractivity contribution in [2.45, 2.75) is 0 Å². The van der Waals surface area contributed by atoms with Gasteiger partial charge in [-0.2, -0.15) is 0 Å². The summed E-state index contributed by atoms with van der Waals surface area (Å²) in [4.78, 5) is 0. The summed E-state index contributed by atoms with van der Waals surface area (Å²) in [6.07, 6.45) is 0. The van der Waals surface area contributed by atoms with Crippen LogP contribution in [0, 0.1) is 0 Å². The zero-order valence-corrected chi connectivity index (χ0v) is 10.6. The molecule has 2 aromatic carbocycles. The summed E-state index contributed by atoms with van der Waals surface area (Å²) >= 11 is 6.47. The van der Waals surface area contributed by atoms with Crippen molar-refractivity contribution in [3.63, 3.8) is 0 Å². The fraction of sp³-hybridized carbons (Fsp3) is 0.0769. The van der Waals surface area contributed by atoms with Crippen LogP contribution in [0.15, 0.2) is 54.6 Å². The van der Waals surface area contributed by atoms with Gasteiger partial charge in [0.05, 0.1) is 14.4 Å². The van der Waals surface area contributed by atoms with Crippen molar-refractivity contribution in [3.8, 4) is 5.75 Å². The van der Waals surface area contributed by atoms with E-state index in [2.05, 4.69) is 12.1 Å². The van der Waals surface area contributed by atoms with E-state index in [-0.39, 0.29) is 0 Å². The molecule has 1 nitrogen and oxygen atoms in total. The van der Waals surface area contributed by atoms with E-state index in [1.54, 1.807) is 7.11 Å². The Morgan fingerprint density at radius 2 is 1.62 bits per heavy atom. The molecule has 0 aliphatic heterocycles. The molecule has 0 heterocycles. The lowest BCUT2D eigenvalue weighted by Crippen LogP contribution is -2.07. The molecule has 82 valence electrons. The van der Waals surface area contributed by atoms with Crippen molar-refractivity contribution in [2.24, 2.45) is 0 Å². The molecule has 1 unspecified atom stereocenters. The van der Waals surface area contributed by atoms with Crippen molar-refractivity contribution in [3.05, 3.63) is 54.6 Å². The summed E-state index contributed by atoms with van der Waals surface area (Å²) < 4.78 is 5.19. The van der Waals surface area contributed by atoms with E-state index in [1.807, 2.05) is 42.5 Å². The number of hydrogen-bond acceptors (Lipinski definition) is 1. The van der Waals surface area contributed by atoms with Gasteiger partial charge in [-0.1, -0.05) is 53.7 Å². The van der Waals surface area contributed by atoms with Crippen LogP contribution < -0.4 is 15.3 Å². The molecule has 0 bridgehead atoms. The van der Waals surface area contributed by atoms with Gasteiger partial charge in [0.1, 0.15) is 5.75 Å². The standard InChI is InChI=1S/C13H12ClOP/c1-15-11-6-5-9-13(10-11)16(14)12-7-3-2-4-8-12/h2-10H,1H3. The molecule has 0 amide bonds. The van der Waals surface area contributed by atoms with Gasteiger partial charge < -0.3 is 4.74 Å². The highest BCUT2D eigenvalue weighted by molar-refractivity contribution is 7.95. The SMILES string of the molecule is COc1cccc(P(Cl)c2ccccc2)c1. The van der Waals surface area contributed by atoms with Crippen molar-refractivity contribution in [1.82, 2.24) is 0 Å². The highest BCUT2D eigenvalue weighted by atomic mass is 35.7. The molecule has 0 radical (unpaired) electrons. The van der Waals surface area contributed by atoms with Gasteiger partial charge in [0, 0.05) is 0 Å². The zero-order valence-electron chi connectivity index (χ0n) is 8.93. The summed E-state index contributed by atoms with van der Waals surface area (Å²) in [5.41, 5.74) is 0. The molecule has 1 atom stereocenters. The molecule has 0 saturated carbocycles. The minimum Gasteiger partial charge on any atom is -0.497 e. The van der Waals surface area contributed by atoms with Gasteiger partial charge in [-0.05, 0) is 22.7 Å². The molecule has 0 aliphatic rings. The van der Waals surface area contributed by atoms with Crippen molar-refractivity contribution in [1.29, 1.82) is 0 Å². The third-order valence-electron chi connectivity index (χ3n) is 2.26. The Hall–Kier alpha value is -1.04. The summed E-state index contributed by atoms with van der Waals surface area (Å²) in [5, 5.41) is 2.27. The van der Waals surface area contributed by atoms with E-state index in [0.717, 1.165) is 16.4 Å². The number of ether oxygens (including phenoxy) is 1. The van der Waals surface area contributed by atoms with Crippen molar-refractivity contribution in [2.75, 3.05) is 7.11 Å². The van der Waals surface area contributed by atoms with Gasteiger partial charge in [-0.3, -0.25) is 0 Å². The summed E-state index contributed by atoms with van der Waals surface area (Å²) in [5.74, 6) is 0.849. The Labute approximate surface area is 102 Å². The van der Waals surface area contributed by atoms with Crippen LogP contribution in [-0.2, 0) is 0 Å². The number of halogens is 1. The first-order valence-corrected chi connectivity index (χ1v) is 7.21. The normalized spacial score (nSPS) is 12.1. The molecule has 2 rings (SSSR count). The van der Waals surface area contributed by atoms with Crippen LogP contribution in [0.4, 0.5) is 0 Å². The highest BCUT2D eigenvalue weighted by Crippen LogP contribution is 2.39. The van der Waals surface area contributed by atoms with Gasteiger partial charge >= 0.3 is 0 Å². The molecule has 3 heteroatoms. The van der Waals surface area contributed by atoms with Gasteiger partial charge in [0.15, 0.2) is 0 Å². The van der Waals surface area contributed by atoms with Gasteiger partial charge in [-0.25, -0.2) is 0 Å². The average molecular weight is 251 g/mol. The smallest absolute Gasteiger partial charge is 0.119 e. The Bertz CT molecular complexity index is 458. The van der Waals surface area contributed by atoms with Crippen molar-refractivity contribution < 1.29 is 4.74 Å². The largest absolute Gasteiger partial charge is 0.497 e. The van der Waals surface area contributed by atoms with Gasteiger partial charge in [-0.15, -0.1) is 0 Å². The number of hydrogen-bond donors (Lipinski definition) is 0. The maximum absolute atomic E-state index is 6.47. The number of rotatable bonds is 3. The van der Waals surface area contributed by atoms with E-state index >= 15 is 0 Å². The Morgan fingerprint density at radius 1 is 0.938 bits per heavy atom. The second-order valence-corrected chi connectivity index (χ2v) is 5.93. The lowest BCUT2D eigenvalue weighted by Gasteiger charge is -2.11.